The first-order valence-electron chi connectivity index (χ1n) is 8.19. The molecule has 3 nitrogen and oxygen atoms in total. The number of likely N-dealkylation sites (tertiary alicyclic amines) is 1. The second-order valence-electron chi connectivity index (χ2n) is 6.44. The normalized spacial score (nSPS) is 24.8. The molecular weight excluding hydrogens is 262 g/mol. The molecular formula is C18H29NO2. The van der Waals surface area contributed by atoms with E-state index in [0.29, 0.717) is 12.6 Å². The zero-order chi connectivity index (χ0) is 15.4. The van der Waals surface area contributed by atoms with Crippen LogP contribution in [0, 0.1) is 5.92 Å². The summed E-state index contributed by atoms with van der Waals surface area (Å²) >= 11 is 0. The summed E-state index contributed by atoms with van der Waals surface area (Å²) < 4.78 is 5.77. The van der Waals surface area contributed by atoms with Gasteiger partial charge in [-0.25, -0.2) is 0 Å². The van der Waals surface area contributed by atoms with Gasteiger partial charge in [-0.05, 0) is 57.2 Å². The third kappa shape index (κ3) is 4.21. The van der Waals surface area contributed by atoms with Gasteiger partial charge in [0.05, 0.1) is 12.7 Å². The molecule has 0 amide bonds. The van der Waals surface area contributed by atoms with Gasteiger partial charge in [0.1, 0.15) is 5.75 Å². The fraction of sp³-hybridized carbons (Fsp3) is 0.667. The van der Waals surface area contributed by atoms with Crippen molar-refractivity contribution in [3.8, 4) is 5.75 Å². The first-order chi connectivity index (χ1) is 10.0. The molecule has 3 atom stereocenters. The second kappa shape index (κ2) is 7.28. The van der Waals surface area contributed by atoms with Gasteiger partial charge in [0.15, 0.2) is 0 Å². The Labute approximate surface area is 128 Å². The van der Waals surface area contributed by atoms with Crippen molar-refractivity contribution in [2.24, 2.45) is 5.92 Å². The van der Waals surface area contributed by atoms with E-state index in [9.17, 15) is 5.11 Å². The van der Waals surface area contributed by atoms with E-state index in [1.165, 1.54) is 18.4 Å². The quantitative estimate of drug-likeness (QED) is 0.896. The van der Waals surface area contributed by atoms with Gasteiger partial charge < -0.3 is 9.84 Å². The molecule has 2 rings (SSSR count). The lowest BCUT2D eigenvalue weighted by atomic mass is 9.94. The predicted molar refractivity (Wildman–Crippen MR) is 86.5 cm³/mol. The number of ether oxygens (including phenoxy) is 1. The van der Waals surface area contributed by atoms with Crippen LogP contribution in [0.25, 0.3) is 0 Å². The monoisotopic (exact) mass is 291 g/mol. The summed E-state index contributed by atoms with van der Waals surface area (Å²) in [5, 5.41) is 9.81. The number of hydrogen-bond donors (Lipinski definition) is 1. The topological polar surface area (TPSA) is 32.7 Å². The van der Waals surface area contributed by atoms with Crippen molar-refractivity contribution < 1.29 is 9.84 Å². The maximum atomic E-state index is 9.81. The van der Waals surface area contributed by atoms with E-state index in [4.69, 9.17) is 4.74 Å². The highest BCUT2D eigenvalue weighted by Gasteiger charge is 2.24. The van der Waals surface area contributed by atoms with Crippen molar-refractivity contribution in [3.63, 3.8) is 0 Å². The molecule has 1 aliphatic rings. The van der Waals surface area contributed by atoms with Crippen molar-refractivity contribution in [1.82, 2.24) is 4.90 Å². The Hall–Kier alpha value is -1.06. The van der Waals surface area contributed by atoms with Crippen LogP contribution in [0.15, 0.2) is 18.2 Å². The van der Waals surface area contributed by atoms with Crippen molar-refractivity contribution in [3.05, 3.63) is 29.3 Å². The molecule has 118 valence electrons. The van der Waals surface area contributed by atoms with Gasteiger partial charge in [-0.2, -0.15) is 0 Å². The Morgan fingerprint density at radius 2 is 2.10 bits per heavy atom. The third-order valence-corrected chi connectivity index (χ3v) is 4.49. The summed E-state index contributed by atoms with van der Waals surface area (Å²) in [4.78, 5) is 2.54. The lowest BCUT2D eigenvalue weighted by molar-refractivity contribution is 0.116. The molecule has 1 saturated heterocycles. The zero-order valence-corrected chi connectivity index (χ0v) is 13.8. The molecule has 1 aromatic rings. The van der Waals surface area contributed by atoms with Crippen LogP contribution in [-0.4, -0.2) is 29.2 Å². The number of piperidine rings is 1. The van der Waals surface area contributed by atoms with Crippen molar-refractivity contribution in [2.75, 3.05) is 13.2 Å². The summed E-state index contributed by atoms with van der Waals surface area (Å²) in [5.41, 5.74) is 2.15. The van der Waals surface area contributed by atoms with Crippen LogP contribution in [0.2, 0.25) is 0 Å². The largest absolute Gasteiger partial charge is 0.494 e. The lowest BCUT2D eigenvalue weighted by Crippen LogP contribution is -2.40. The molecule has 0 saturated carbocycles. The van der Waals surface area contributed by atoms with Crippen molar-refractivity contribution >= 4 is 0 Å². The minimum atomic E-state index is -0.433. The first-order valence-corrected chi connectivity index (χ1v) is 8.19. The molecule has 0 radical (unpaired) electrons. The van der Waals surface area contributed by atoms with Gasteiger partial charge in [0.25, 0.3) is 0 Å². The van der Waals surface area contributed by atoms with Crippen LogP contribution < -0.4 is 4.74 Å². The summed E-state index contributed by atoms with van der Waals surface area (Å²) in [6.07, 6.45) is 2.16. The van der Waals surface area contributed by atoms with Crippen LogP contribution in [0.5, 0.6) is 5.75 Å². The highest BCUT2D eigenvalue weighted by atomic mass is 16.5. The molecule has 0 aromatic heterocycles. The zero-order valence-electron chi connectivity index (χ0n) is 13.8. The lowest BCUT2D eigenvalue weighted by Gasteiger charge is -2.37. The van der Waals surface area contributed by atoms with E-state index in [1.807, 2.05) is 26.0 Å². The summed E-state index contributed by atoms with van der Waals surface area (Å²) in [6, 6.07) is 6.67. The highest BCUT2D eigenvalue weighted by molar-refractivity contribution is 5.38. The van der Waals surface area contributed by atoms with Crippen molar-refractivity contribution in [2.45, 2.75) is 59.2 Å². The number of nitrogens with zero attached hydrogens (tertiary/aromatic N) is 1. The third-order valence-electron chi connectivity index (χ3n) is 4.49. The van der Waals surface area contributed by atoms with Gasteiger partial charge in [-0.15, -0.1) is 0 Å². The molecule has 3 heteroatoms. The van der Waals surface area contributed by atoms with Crippen LogP contribution in [0.4, 0.5) is 0 Å². The fourth-order valence-corrected chi connectivity index (χ4v) is 3.10. The SMILES string of the molecule is CCOc1ccc(C(C)O)cc1CN1CC(C)CCC1C. The summed E-state index contributed by atoms with van der Waals surface area (Å²) in [6.45, 7) is 11.2. The Balaban J connectivity index is 2.21. The van der Waals surface area contributed by atoms with Crippen LogP contribution in [0.3, 0.4) is 0 Å². The van der Waals surface area contributed by atoms with Gasteiger partial charge >= 0.3 is 0 Å². The molecule has 21 heavy (non-hydrogen) atoms. The molecule has 1 N–H and O–H groups in total. The van der Waals surface area contributed by atoms with E-state index in [2.05, 4.69) is 24.8 Å². The molecule has 1 aliphatic heterocycles. The van der Waals surface area contributed by atoms with Crippen LogP contribution >= 0.6 is 0 Å². The van der Waals surface area contributed by atoms with E-state index in [0.717, 1.165) is 30.3 Å². The second-order valence-corrected chi connectivity index (χ2v) is 6.44. The number of benzene rings is 1. The van der Waals surface area contributed by atoms with Crippen LogP contribution in [0.1, 0.15) is 57.8 Å². The molecule has 0 aliphatic carbocycles. The molecule has 1 fully saturated rings. The Morgan fingerprint density at radius 1 is 1.33 bits per heavy atom. The summed E-state index contributed by atoms with van der Waals surface area (Å²) in [7, 11) is 0. The number of aliphatic hydroxyl groups is 1. The Bertz CT molecular complexity index is 459. The van der Waals surface area contributed by atoms with Gasteiger partial charge in [0, 0.05) is 24.7 Å². The maximum absolute atomic E-state index is 9.81. The fourth-order valence-electron chi connectivity index (χ4n) is 3.10. The van der Waals surface area contributed by atoms with Crippen molar-refractivity contribution in [1.29, 1.82) is 0 Å². The van der Waals surface area contributed by atoms with Gasteiger partial charge in [-0.3, -0.25) is 4.90 Å². The minimum absolute atomic E-state index is 0.433. The highest BCUT2D eigenvalue weighted by Crippen LogP contribution is 2.29. The maximum Gasteiger partial charge on any atom is 0.123 e. The molecule has 3 unspecified atom stereocenters. The number of aliphatic hydroxyl groups excluding tert-OH is 1. The molecule has 0 spiro atoms. The van der Waals surface area contributed by atoms with E-state index in [1.54, 1.807) is 0 Å². The summed E-state index contributed by atoms with van der Waals surface area (Å²) in [5.74, 6) is 1.71. The molecule has 0 bridgehead atoms. The van der Waals surface area contributed by atoms with Crippen LogP contribution in [-0.2, 0) is 6.54 Å². The smallest absolute Gasteiger partial charge is 0.123 e. The number of hydrogen-bond acceptors (Lipinski definition) is 3. The Kier molecular flexibility index (Phi) is 5.65. The number of rotatable bonds is 5. The average molecular weight is 291 g/mol. The first kappa shape index (κ1) is 16.3. The van der Waals surface area contributed by atoms with E-state index >= 15 is 0 Å². The average Bonchev–Trinajstić information content (AvgIpc) is 2.44. The van der Waals surface area contributed by atoms with Gasteiger partial charge in [-0.1, -0.05) is 13.0 Å². The molecule has 1 heterocycles. The Morgan fingerprint density at radius 3 is 2.76 bits per heavy atom. The minimum Gasteiger partial charge on any atom is -0.494 e. The predicted octanol–water partition coefficient (Wildman–Crippen LogP) is 3.76. The van der Waals surface area contributed by atoms with E-state index < -0.39 is 6.10 Å². The standard InChI is InChI=1S/C18H29NO2/c1-5-21-18-9-8-16(15(4)20)10-17(18)12-19-11-13(2)6-7-14(19)3/h8-10,13-15,20H,5-7,11-12H2,1-4H3. The molecule has 1 aromatic carbocycles. The van der Waals surface area contributed by atoms with E-state index in [-0.39, 0.29) is 0 Å². The van der Waals surface area contributed by atoms with Gasteiger partial charge in [0.2, 0.25) is 0 Å².